The number of ether oxygens (including phenoxy) is 1. The average Bonchev–Trinajstić information content (AvgIpc) is 3.58. The van der Waals surface area contributed by atoms with E-state index in [1.54, 1.807) is 24.6 Å². The van der Waals surface area contributed by atoms with Crippen LogP contribution in [0.5, 0.6) is 5.75 Å². The van der Waals surface area contributed by atoms with E-state index in [0.717, 1.165) is 51.3 Å². The lowest BCUT2D eigenvalue weighted by Gasteiger charge is -2.12. The summed E-state index contributed by atoms with van der Waals surface area (Å²) in [6.07, 6.45) is 2.15. The lowest BCUT2D eigenvalue weighted by molar-refractivity contribution is 0.414. The zero-order valence-electron chi connectivity index (χ0n) is 20.8. The van der Waals surface area contributed by atoms with Crippen LogP contribution in [0.25, 0.3) is 21.9 Å². The van der Waals surface area contributed by atoms with E-state index in [9.17, 15) is 8.42 Å². The Morgan fingerprint density at radius 2 is 1.81 bits per heavy atom. The number of aromatic nitrogens is 3. The summed E-state index contributed by atoms with van der Waals surface area (Å²) in [5.41, 5.74) is 3.91. The van der Waals surface area contributed by atoms with Gasteiger partial charge >= 0.3 is 0 Å². The first-order valence-corrected chi connectivity index (χ1v) is 14.5. The van der Waals surface area contributed by atoms with Gasteiger partial charge in [0.2, 0.25) is 10.0 Å². The molecule has 0 saturated carbocycles. The van der Waals surface area contributed by atoms with Crippen molar-refractivity contribution in [1.82, 2.24) is 19.3 Å². The summed E-state index contributed by atoms with van der Waals surface area (Å²) in [5, 5.41) is 6.02. The molecule has 5 rings (SSSR count). The second kappa shape index (κ2) is 10.9. The quantitative estimate of drug-likeness (QED) is 0.230. The third-order valence-electron chi connectivity index (χ3n) is 6.28. The van der Waals surface area contributed by atoms with Gasteiger partial charge < -0.3 is 14.6 Å². The van der Waals surface area contributed by atoms with Crippen molar-refractivity contribution in [3.8, 4) is 5.75 Å². The van der Waals surface area contributed by atoms with Gasteiger partial charge in [-0.05, 0) is 48.1 Å². The molecule has 3 aromatic heterocycles. The van der Waals surface area contributed by atoms with Crippen LogP contribution in [0.4, 0.5) is 5.82 Å². The third-order valence-corrected chi connectivity index (χ3v) is 9.14. The highest BCUT2D eigenvalue weighted by Crippen LogP contribution is 2.31. The van der Waals surface area contributed by atoms with Crippen LogP contribution >= 0.6 is 11.3 Å². The molecule has 2 N–H and O–H groups in total. The molecule has 3 heterocycles. The van der Waals surface area contributed by atoms with Gasteiger partial charge in [0, 0.05) is 31.9 Å². The van der Waals surface area contributed by atoms with Gasteiger partial charge in [-0.25, -0.2) is 23.1 Å². The first-order chi connectivity index (χ1) is 18.0. The van der Waals surface area contributed by atoms with Crippen molar-refractivity contribution >= 4 is 49.1 Å². The molecule has 0 aliphatic heterocycles. The van der Waals surface area contributed by atoms with E-state index in [1.807, 2.05) is 37.4 Å². The largest absolute Gasteiger partial charge is 0.497 e. The summed E-state index contributed by atoms with van der Waals surface area (Å²) in [6.45, 7) is 1.09. The van der Waals surface area contributed by atoms with Crippen LogP contribution in [0.1, 0.15) is 24.2 Å². The minimum absolute atomic E-state index is 0.341. The van der Waals surface area contributed by atoms with E-state index in [-0.39, 0.29) is 0 Å². The zero-order chi connectivity index (χ0) is 25.8. The number of fused-ring (bicyclic) bond motifs is 3. The van der Waals surface area contributed by atoms with Gasteiger partial charge in [0.25, 0.3) is 0 Å². The minimum Gasteiger partial charge on any atom is -0.497 e. The van der Waals surface area contributed by atoms with Crippen LogP contribution in [0.15, 0.2) is 70.3 Å². The molecule has 0 saturated heterocycles. The first-order valence-electron chi connectivity index (χ1n) is 12.1. The molecule has 0 unspecified atom stereocenters. The number of unbranched alkanes of at least 4 members (excludes halogenated alkanes) is 1. The molecule has 192 valence electrons. The van der Waals surface area contributed by atoms with Crippen LogP contribution < -0.4 is 14.8 Å². The number of anilines is 1. The Morgan fingerprint density at radius 3 is 2.54 bits per heavy atom. The lowest BCUT2D eigenvalue weighted by atomic mass is 10.1. The monoisotopic (exact) mass is 535 g/mol. The zero-order valence-corrected chi connectivity index (χ0v) is 22.4. The van der Waals surface area contributed by atoms with Crippen LogP contribution in [-0.2, 0) is 23.0 Å². The summed E-state index contributed by atoms with van der Waals surface area (Å²) in [4.78, 5) is 9.83. The molecular weight excluding hydrogens is 506 g/mol. The molecule has 37 heavy (non-hydrogen) atoms. The summed E-state index contributed by atoms with van der Waals surface area (Å²) < 4.78 is 35.5. The summed E-state index contributed by atoms with van der Waals surface area (Å²) in [6, 6.07) is 19.5. The Bertz CT molecular complexity index is 1610. The minimum atomic E-state index is -3.46. The number of thiophene rings is 1. The van der Waals surface area contributed by atoms with E-state index in [1.165, 1.54) is 11.3 Å². The van der Waals surface area contributed by atoms with Crippen molar-refractivity contribution in [3.63, 3.8) is 0 Å². The van der Waals surface area contributed by atoms with E-state index in [2.05, 4.69) is 32.8 Å². The molecule has 2 aromatic carbocycles. The Morgan fingerprint density at radius 1 is 1.00 bits per heavy atom. The topological polar surface area (TPSA) is 98.1 Å². The number of hydrogen-bond donors (Lipinski definition) is 2. The van der Waals surface area contributed by atoms with Crippen molar-refractivity contribution in [2.24, 2.45) is 0 Å². The highest BCUT2D eigenvalue weighted by Gasteiger charge is 2.19. The molecule has 0 aliphatic carbocycles. The molecular formula is C27H29N5O3S2. The fraction of sp³-hybridized carbons (Fsp3) is 0.259. The maximum absolute atomic E-state index is 12.4. The normalized spacial score (nSPS) is 11.8. The lowest BCUT2D eigenvalue weighted by Crippen LogP contribution is -2.24. The number of aryl methyl sites for hydroxylation is 1. The standard InChI is InChI=1S/C27H29N5O3S2/c1-28-27-25-26(21-8-3-4-9-22(21)30-27)32(23(31-25)18-19-11-13-20(35-2)14-12-19)16-6-5-15-29-37(33,34)24-10-7-17-36-24/h3-4,7-14,17,29H,5-6,15-16,18H2,1-2H3,(H,28,30). The molecule has 0 fully saturated rings. The average molecular weight is 536 g/mol. The van der Waals surface area contributed by atoms with Gasteiger partial charge in [0.1, 0.15) is 21.3 Å². The number of hydrogen-bond acceptors (Lipinski definition) is 7. The smallest absolute Gasteiger partial charge is 0.250 e. The Balaban J connectivity index is 1.44. The number of para-hydroxylation sites is 1. The third kappa shape index (κ3) is 5.31. The number of imidazole rings is 1. The summed E-state index contributed by atoms with van der Waals surface area (Å²) in [7, 11) is 0.0629. The van der Waals surface area contributed by atoms with E-state index < -0.39 is 10.0 Å². The first kappa shape index (κ1) is 25.2. The van der Waals surface area contributed by atoms with Gasteiger partial charge in [0.05, 0.1) is 18.1 Å². The van der Waals surface area contributed by atoms with E-state index in [4.69, 9.17) is 14.7 Å². The molecule has 0 radical (unpaired) electrons. The molecule has 8 nitrogen and oxygen atoms in total. The molecule has 0 aliphatic rings. The predicted molar refractivity (Wildman–Crippen MR) is 149 cm³/mol. The number of methoxy groups -OCH3 is 1. The Labute approximate surface area is 220 Å². The van der Waals surface area contributed by atoms with Gasteiger partial charge in [-0.1, -0.05) is 36.4 Å². The van der Waals surface area contributed by atoms with Gasteiger partial charge in [-0.2, -0.15) is 0 Å². The van der Waals surface area contributed by atoms with Crippen molar-refractivity contribution in [1.29, 1.82) is 0 Å². The van der Waals surface area contributed by atoms with Crippen molar-refractivity contribution in [2.75, 3.05) is 26.0 Å². The number of nitrogens with zero attached hydrogens (tertiary/aromatic N) is 3. The van der Waals surface area contributed by atoms with Crippen LogP contribution in [-0.4, -0.2) is 43.7 Å². The van der Waals surface area contributed by atoms with Crippen molar-refractivity contribution in [3.05, 3.63) is 77.4 Å². The van der Waals surface area contributed by atoms with Crippen LogP contribution in [0, 0.1) is 0 Å². The summed E-state index contributed by atoms with van der Waals surface area (Å²) in [5.74, 6) is 2.50. The van der Waals surface area contributed by atoms with Gasteiger partial charge in [0.15, 0.2) is 5.82 Å². The summed E-state index contributed by atoms with van der Waals surface area (Å²) >= 11 is 1.22. The molecule has 0 bridgehead atoms. The number of benzene rings is 2. The number of nitrogens with one attached hydrogen (secondary N) is 2. The van der Waals surface area contributed by atoms with Gasteiger partial charge in [-0.3, -0.25) is 0 Å². The molecule has 0 atom stereocenters. The van der Waals surface area contributed by atoms with Crippen molar-refractivity contribution < 1.29 is 13.2 Å². The second-order valence-corrected chi connectivity index (χ2v) is 11.6. The van der Waals surface area contributed by atoms with Crippen molar-refractivity contribution in [2.45, 2.75) is 30.0 Å². The molecule has 5 aromatic rings. The number of rotatable bonds is 11. The highest BCUT2D eigenvalue weighted by atomic mass is 32.2. The molecule has 0 amide bonds. The van der Waals surface area contributed by atoms with E-state index in [0.29, 0.717) is 30.1 Å². The fourth-order valence-electron chi connectivity index (χ4n) is 4.45. The molecule has 0 spiro atoms. The van der Waals surface area contributed by atoms with Crippen LogP contribution in [0.3, 0.4) is 0 Å². The van der Waals surface area contributed by atoms with Crippen LogP contribution in [0.2, 0.25) is 0 Å². The maximum Gasteiger partial charge on any atom is 0.250 e. The van der Waals surface area contributed by atoms with E-state index >= 15 is 0 Å². The SMILES string of the molecule is CNc1nc2ccccc2c2c1nc(Cc1ccc(OC)cc1)n2CCCCNS(=O)(=O)c1cccs1. The fourth-order valence-corrected chi connectivity index (χ4v) is 6.56. The number of pyridine rings is 1. The Hall–Kier alpha value is -3.47. The molecule has 10 heteroatoms. The highest BCUT2D eigenvalue weighted by molar-refractivity contribution is 7.91. The maximum atomic E-state index is 12.4. The second-order valence-electron chi connectivity index (χ2n) is 8.67. The predicted octanol–water partition coefficient (Wildman–Crippen LogP) is 5.05. The Kier molecular flexibility index (Phi) is 7.40. The number of sulfonamides is 1. The van der Waals surface area contributed by atoms with Gasteiger partial charge in [-0.15, -0.1) is 11.3 Å².